The standard InChI is InChI=1S/C13H16Cl2FN3O3S.C8H14BrNO2S.C5H3Cl2FN2O.CH3F.K/c1-6(2)19-21-4-5-23-13(20)7(3)22-12-9(15)10(17)8(14)11(16)18-12;1-6(2)10-12-4-5-13-8(11)7(3)9;6-1-3(9)2(7)5(11)10-4(1)8;1-2;/h7H,4-5H2,1-3H3,(H2,17,18);7H,4-5H2,1-3H3;(H3,9,10,11);1H3;/q;;;;+1/p-1/i;;;1D;. The molecule has 0 amide bonds. The summed E-state index contributed by atoms with van der Waals surface area (Å²) in [5.74, 6) is -2.27. The molecule has 0 bridgehead atoms. The van der Waals surface area contributed by atoms with Gasteiger partial charge in [-0.05, 0) is 41.5 Å². The van der Waals surface area contributed by atoms with Crippen LogP contribution in [0, 0.1) is 11.9 Å². The Hall–Kier alpha value is -0.454. The minimum Gasteiger partial charge on any atom is -0.857 e. The van der Waals surface area contributed by atoms with Crippen LogP contribution >= 0.6 is 85.9 Å². The first-order chi connectivity index (χ1) is 23.2. The molecule has 0 saturated carbocycles. The van der Waals surface area contributed by atoms with Crippen LogP contribution in [0.3, 0.4) is 0 Å². The number of hydrogen-bond donors (Lipinski definition) is 2. The van der Waals surface area contributed by atoms with Crippen molar-refractivity contribution in [3.63, 3.8) is 0 Å². The van der Waals surface area contributed by atoms with Crippen molar-refractivity contribution in [1.29, 1.82) is 0 Å². The Kier molecular flexibility index (Phi) is 30.9. The van der Waals surface area contributed by atoms with Crippen molar-refractivity contribution in [1.82, 2.24) is 9.97 Å². The topological polar surface area (TPSA) is 187 Å². The van der Waals surface area contributed by atoms with Crippen molar-refractivity contribution in [2.45, 2.75) is 52.5 Å². The van der Waals surface area contributed by atoms with E-state index in [4.69, 9.17) is 73.7 Å². The molecule has 0 aliphatic carbocycles. The number of ether oxygens (including phenoxy) is 1. The molecule has 4 N–H and O–H groups in total. The van der Waals surface area contributed by atoms with Gasteiger partial charge in [-0.2, -0.15) is 13.8 Å². The summed E-state index contributed by atoms with van der Waals surface area (Å²) in [5.41, 5.74) is 11.9. The van der Waals surface area contributed by atoms with Crippen molar-refractivity contribution < 1.29 is 95.0 Å². The predicted molar refractivity (Wildman–Crippen MR) is 197 cm³/mol. The number of anilines is 2. The van der Waals surface area contributed by atoms with Crippen LogP contribution in [0.15, 0.2) is 10.3 Å². The Morgan fingerprint density at radius 1 is 0.880 bits per heavy atom. The molecule has 2 atom stereocenters. The van der Waals surface area contributed by atoms with Crippen molar-refractivity contribution in [2.75, 3.05) is 43.3 Å². The summed E-state index contributed by atoms with van der Waals surface area (Å²) in [6.45, 7) is 11.4. The van der Waals surface area contributed by atoms with Crippen LogP contribution in [0.2, 0.25) is 20.1 Å². The maximum atomic E-state index is 13.4. The van der Waals surface area contributed by atoms with E-state index < -0.39 is 36.1 Å². The quantitative estimate of drug-likeness (QED) is 0.0744. The van der Waals surface area contributed by atoms with E-state index in [1.54, 1.807) is 13.8 Å². The summed E-state index contributed by atoms with van der Waals surface area (Å²) in [5, 5.41) is 16.6. The molecule has 0 aromatic carbocycles. The number of thioether (sulfide) groups is 2. The van der Waals surface area contributed by atoms with Gasteiger partial charge in [-0.3, -0.25) is 14.0 Å². The first kappa shape index (κ1) is 51.7. The molecule has 0 aliphatic rings. The third-order valence-corrected chi connectivity index (χ3v) is 8.52. The number of carbonyl (C=O) groups excluding carboxylic acids is 2. The summed E-state index contributed by atoms with van der Waals surface area (Å²) >= 11 is 27.5. The molecule has 0 aliphatic heterocycles. The van der Waals surface area contributed by atoms with Crippen LogP contribution in [-0.4, -0.2) is 74.4 Å². The molecule has 0 saturated heterocycles. The van der Waals surface area contributed by atoms with E-state index >= 15 is 0 Å². The van der Waals surface area contributed by atoms with Gasteiger partial charge in [0, 0.05) is 17.4 Å². The Labute approximate surface area is 369 Å². The maximum Gasteiger partial charge on any atom is 1.00 e. The molecule has 2 heterocycles. The number of rotatable bonds is 12. The molecule has 278 valence electrons. The zero-order valence-corrected chi connectivity index (χ0v) is 37.3. The molecule has 50 heavy (non-hydrogen) atoms. The summed E-state index contributed by atoms with van der Waals surface area (Å²) in [4.78, 5) is 39.1. The molecule has 12 nitrogen and oxygen atoms in total. The van der Waals surface area contributed by atoms with Gasteiger partial charge < -0.3 is 31.0 Å². The van der Waals surface area contributed by atoms with Crippen LogP contribution in [-0.2, 0) is 19.3 Å². The number of aromatic nitrogens is 2. The van der Waals surface area contributed by atoms with Gasteiger partial charge in [-0.1, -0.05) is 96.2 Å². The average Bonchev–Trinajstić information content (AvgIpc) is 3.04. The van der Waals surface area contributed by atoms with E-state index in [2.05, 4.69) is 36.2 Å². The molecule has 23 heteroatoms. The Morgan fingerprint density at radius 3 is 1.70 bits per heavy atom. The molecule has 0 radical (unpaired) electrons. The van der Waals surface area contributed by atoms with Crippen molar-refractivity contribution in [3.8, 4) is 11.8 Å². The van der Waals surface area contributed by atoms with E-state index in [9.17, 15) is 27.9 Å². The second-order valence-electron chi connectivity index (χ2n) is 8.95. The number of carbonyl (C=O) groups is 2. The smallest absolute Gasteiger partial charge is 0.857 e. The molecule has 2 rings (SSSR count). The zero-order chi connectivity index (χ0) is 39.1. The molecule has 0 spiro atoms. The van der Waals surface area contributed by atoms with Gasteiger partial charge in [0.15, 0.2) is 6.10 Å². The Morgan fingerprint density at radius 2 is 1.28 bits per heavy atom. The van der Waals surface area contributed by atoms with E-state index in [1.807, 2.05) is 20.8 Å². The first-order valence-corrected chi connectivity index (χ1v) is 17.6. The third kappa shape index (κ3) is 22.6. The monoisotopic (exact) mass is 919 g/mol. The molecule has 2 unspecified atom stereocenters. The van der Waals surface area contributed by atoms with Gasteiger partial charge in [0.25, 0.3) is 0 Å². The van der Waals surface area contributed by atoms with Gasteiger partial charge in [0.05, 0.1) is 41.2 Å². The number of halogens is 8. The molecular formula is C27H35BrCl4F3KN6O6S2. The van der Waals surface area contributed by atoms with Gasteiger partial charge >= 0.3 is 51.4 Å². The number of nitrogens with two attached hydrogens (primary N) is 2. The Bertz CT molecular complexity index is 1430. The second kappa shape index (κ2) is 29.9. The summed E-state index contributed by atoms with van der Waals surface area (Å²) in [7, 11) is -1.00. The predicted octanol–water partition coefficient (Wildman–Crippen LogP) is 4.76. The maximum absolute atomic E-state index is 13.4. The van der Waals surface area contributed by atoms with Gasteiger partial charge in [-0.15, -0.1) is 0 Å². The van der Waals surface area contributed by atoms with Crippen LogP contribution in [0.4, 0.5) is 24.5 Å². The van der Waals surface area contributed by atoms with Crippen molar-refractivity contribution >= 4 is 119 Å². The average molecular weight is 923 g/mol. The van der Waals surface area contributed by atoms with Crippen LogP contribution in [0.1, 0.15) is 42.9 Å². The summed E-state index contributed by atoms with van der Waals surface area (Å²) in [6.07, 6.45) is -0.901. The fourth-order valence-electron chi connectivity index (χ4n) is 2.25. The van der Waals surface area contributed by atoms with Crippen LogP contribution in [0.5, 0.6) is 11.8 Å². The normalized spacial score (nSPS) is 11.1. The van der Waals surface area contributed by atoms with Gasteiger partial charge in [-0.25, -0.2) is 4.98 Å². The minimum atomic E-state index is -1.10. The third-order valence-electron chi connectivity index (χ3n) is 4.36. The zero-order valence-electron chi connectivity index (χ0n) is 28.9. The number of oxime groups is 2. The van der Waals surface area contributed by atoms with Gasteiger partial charge in [0.2, 0.25) is 28.0 Å². The summed E-state index contributed by atoms with van der Waals surface area (Å²) < 4.78 is 46.6. The second-order valence-corrected chi connectivity index (χ2v) is 14.0. The van der Waals surface area contributed by atoms with E-state index in [1.165, 1.54) is 18.7 Å². The molecule has 2 aromatic heterocycles. The van der Waals surface area contributed by atoms with Crippen LogP contribution < -0.4 is 72.7 Å². The SMILES string of the molecule is CC(C)=NOCCSC(=O)C(C)Br.CC(C)=NOCCSC(=O)C(C)Oc1nc(F)c(Cl)c(N)c1Cl.Nc1c(Cl)c([O-])nc(F)c1Cl.[2H]CF.[K+]. The van der Waals surface area contributed by atoms with E-state index in [0.717, 1.165) is 23.2 Å². The Balaban J connectivity index is -0.000000698. The van der Waals surface area contributed by atoms with Crippen molar-refractivity contribution in [3.05, 3.63) is 32.0 Å². The molecule has 2 aromatic rings. The number of hydrogen-bond acceptors (Lipinski definition) is 14. The summed E-state index contributed by atoms with van der Waals surface area (Å²) in [6, 6.07) is 0. The number of alkyl halides is 2. The molecular weight excluding hydrogens is 886 g/mol. The number of nitrogen functional groups attached to an aromatic ring is 2. The van der Waals surface area contributed by atoms with E-state index in [0.29, 0.717) is 18.1 Å². The van der Waals surface area contributed by atoms with Gasteiger partial charge in [0.1, 0.15) is 28.3 Å². The molecule has 0 fully saturated rings. The largest absolute Gasteiger partial charge is 1.00 e. The fraction of sp³-hybridized carbons (Fsp3) is 0.481. The minimum absolute atomic E-state index is 0. The van der Waals surface area contributed by atoms with E-state index in [-0.39, 0.29) is 105 Å². The number of pyridine rings is 2. The van der Waals surface area contributed by atoms with Crippen molar-refractivity contribution in [2.24, 2.45) is 10.3 Å². The van der Waals surface area contributed by atoms with Crippen LogP contribution in [0.25, 0.3) is 0 Å². The fourth-order valence-corrected chi connectivity index (χ4v) is 4.57. The first-order valence-electron chi connectivity index (χ1n) is 14.0. The number of nitrogens with zero attached hydrogens (tertiary/aromatic N) is 4.